The van der Waals surface area contributed by atoms with Crippen LogP contribution < -0.4 is 0 Å². The summed E-state index contributed by atoms with van der Waals surface area (Å²) in [5, 5.41) is 0. The van der Waals surface area contributed by atoms with Gasteiger partial charge in [0.1, 0.15) is 0 Å². The third-order valence-electron chi connectivity index (χ3n) is 2.52. The minimum absolute atomic E-state index is 0. The van der Waals surface area contributed by atoms with Gasteiger partial charge in [-0.25, -0.2) is 0 Å². The van der Waals surface area contributed by atoms with Crippen LogP contribution in [0.1, 0.15) is 46.5 Å². The predicted molar refractivity (Wildman–Crippen MR) is 55.1 cm³/mol. The Bertz CT molecular complexity index is 199. The normalized spacial score (nSPS) is 15.4. The summed E-state index contributed by atoms with van der Waals surface area (Å²) >= 11 is 0. The third-order valence-corrected chi connectivity index (χ3v) is 2.52. The standard InChI is InChI=1S/C12H20.Cr/c1-4-5-7-11-8-6-9-12(11)10(2)3;/h6,9-10H,4-5,7-8H2,1-3H3;. The Labute approximate surface area is 93.2 Å². The van der Waals surface area contributed by atoms with Crippen molar-refractivity contribution < 1.29 is 17.4 Å². The van der Waals surface area contributed by atoms with Crippen molar-refractivity contribution in [1.29, 1.82) is 0 Å². The molecule has 0 bridgehead atoms. The molecular formula is C12H20Cr. The average molecular weight is 216 g/mol. The van der Waals surface area contributed by atoms with Crippen molar-refractivity contribution in [1.82, 2.24) is 0 Å². The second kappa shape index (κ2) is 6.46. The summed E-state index contributed by atoms with van der Waals surface area (Å²) in [7, 11) is 0. The van der Waals surface area contributed by atoms with E-state index in [1.54, 1.807) is 11.1 Å². The van der Waals surface area contributed by atoms with E-state index < -0.39 is 0 Å². The van der Waals surface area contributed by atoms with Crippen LogP contribution in [0.5, 0.6) is 0 Å². The zero-order valence-electron chi connectivity index (χ0n) is 8.97. The summed E-state index contributed by atoms with van der Waals surface area (Å²) in [5.41, 5.74) is 3.29. The molecule has 0 aliphatic heterocycles. The smallest absolute Gasteiger partial charge is 0 e. The first-order chi connectivity index (χ1) is 5.75. The van der Waals surface area contributed by atoms with Crippen molar-refractivity contribution in [2.75, 3.05) is 0 Å². The fourth-order valence-corrected chi connectivity index (χ4v) is 1.80. The van der Waals surface area contributed by atoms with Gasteiger partial charge in [-0.2, -0.15) is 0 Å². The molecule has 1 rings (SSSR count). The van der Waals surface area contributed by atoms with E-state index in [1.807, 2.05) is 0 Å². The van der Waals surface area contributed by atoms with Crippen LogP contribution in [0.4, 0.5) is 0 Å². The van der Waals surface area contributed by atoms with Crippen molar-refractivity contribution in [3.63, 3.8) is 0 Å². The molecule has 0 amide bonds. The molecule has 0 saturated heterocycles. The molecule has 1 aliphatic rings. The van der Waals surface area contributed by atoms with Crippen LogP contribution >= 0.6 is 0 Å². The van der Waals surface area contributed by atoms with Crippen LogP contribution in [0, 0.1) is 5.92 Å². The molecule has 0 unspecified atom stereocenters. The number of hydrogen-bond donors (Lipinski definition) is 0. The van der Waals surface area contributed by atoms with Gasteiger partial charge in [0.2, 0.25) is 0 Å². The molecule has 0 radical (unpaired) electrons. The SMILES string of the molecule is CCCCC1=C(C(C)C)C=CC1.[Cr]. The molecule has 0 atom stereocenters. The van der Waals surface area contributed by atoms with Gasteiger partial charge in [0.15, 0.2) is 0 Å². The van der Waals surface area contributed by atoms with Gasteiger partial charge < -0.3 is 0 Å². The maximum atomic E-state index is 2.32. The molecule has 0 N–H and O–H groups in total. The van der Waals surface area contributed by atoms with E-state index in [9.17, 15) is 0 Å². The summed E-state index contributed by atoms with van der Waals surface area (Å²) in [6, 6.07) is 0. The van der Waals surface area contributed by atoms with E-state index in [1.165, 1.54) is 25.7 Å². The second-order valence-electron chi connectivity index (χ2n) is 3.92. The maximum absolute atomic E-state index is 2.32. The van der Waals surface area contributed by atoms with Crippen molar-refractivity contribution >= 4 is 0 Å². The van der Waals surface area contributed by atoms with Gasteiger partial charge in [-0.1, -0.05) is 44.9 Å². The van der Waals surface area contributed by atoms with Gasteiger partial charge >= 0.3 is 0 Å². The molecule has 0 aromatic carbocycles. The Balaban J connectivity index is 0.00000144. The van der Waals surface area contributed by atoms with E-state index in [4.69, 9.17) is 0 Å². The van der Waals surface area contributed by atoms with Crippen molar-refractivity contribution in [2.45, 2.75) is 46.5 Å². The molecule has 0 aromatic rings. The van der Waals surface area contributed by atoms with Crippen LogP contribution in [0.25, 0.3) is 0 Å². The fourth-order valence-electron chi connectivity index (χ4n) is 1.80. The first kappa shape index (κ1) is 13.0. The Morgan fingerprint density at radius 3 is 2.62 bits per heavy atom. The van der Waals surface area contributed by atoms with Gasteiger partial charge in [0, 0.05) is 17.4 Å². The van der Waals surface area contributed by atoms with Gasteiger partial charge in [-0.05, 0) is 30.8 Å². The largest absolute Gasteiger partial charge is 0.0802 e. The van der Waals surface area contributed by atoms with Crippen molar-refractivity contribution in [3.05, 3.63) is 23.3 Å². The zero-order valence-corrected chi connectivity index (χ0v) is 10.2. The maximum Gasteiger partial charge on any atom is 0 e. The summed E-state index contributed by atoms with van der Waals surface area (Å²) in [4.78, 5) is 0. The molecule has 13 heavy (non-hydrogen) atoms. The van der Waals surface area contributed by atoms with Crippen LogP contribution in [0.3, 0.4) is 0 Å². The van der Waals surface area contributed by atoms with E-state index >= 15 is 0 Å². The first-order valence-electron chi connectivity index (χ1n) is 5.14. The number of hydrogen-bond acceptors (Lipinski definition) is 0. The minimum Gasteiger partial charge on any atom is -0.0802 e. The fraction of sp³-hybridized carbons (Fsp3) is 0.667. The summed E-state index contributed by atoms with van der Waals surface area (Å²) in [6.07, 6.45) is 9.82. The van der Waals surface area contributed by atoms with E-state index in [-0.39, 0.29) is 17.4 Å². The van der Waals surface area contributed by atoms with E-state index in [0.29, 0.717) is 0 Å². The first-order valence-corrected chi connectivity index (χ1v) is 5.14. The molecule has 0 spiro atoms. The Morgan fingerprint density at radius 2 is 2.08 bits per heavy atom. The van der Waals surface area contributed by atoms with Crippen LogP contribution in [0.2, 0.25) is 0 Å². The predicted octanol–water partition coefficient (Wildman–Crippen LogP) is 4.09. The molecular weight excluding hydrogens is 196 g/mol. The van der Waals surface area contributed by atoms with E-state index in [0.717, 1.165) is 5.92 Å². The molecule has 0 fully saturated rings. The minimum atomic E-state index is 0. The molecule has 0 heterocycles. The summed E-state index contributed by atoms with van der Waals surface area (Å²) < 4.78 is 0. The molecule has 1 aliphatic carbocycles. The van der Waals surface area contributed by atoms with Crippen LogP contribution in [0.15, 0.2) is 23.3 Å². The Morgan fingerprint density at radius 1 is 1.38 bits per heavy atom. The van der Waals surface area contributed by atoms with Gasteiger partial charge in [0.05, 0.1) is 0 Å². The van der Waals surface area contributed by atoms with Crippen molar-refractivity contribution in [2.24, 2.45) is 5.92 Å². The topological polar surface area (TPSA) is 0 Å². The van der Waals surface area contributed by atoms with Crippen LogP contribution in [-0.2, 0) is 17.4 Å². The molecule has 0 nitrogen and oxygen atoms in total. The molecule has 0 saturated carbocycles. The monoisotopic (exact) mass is 216 g/mol. The zero-order chi connectivity index (χ0) is 8.97. The Kier molecular flexibility index (Phi) is 6.47. The van der Waals surface area contributed by atoms with Crippen LogP contribution in [-0.4, -0.2) is 0 Å². The molecule has 0 aromatic heterocycles. The average Bonchev–Trinajstić information content (AvgIpc) is 2.48. The van der Waals surface area contributed by atoms with Gasteiger partial charge in [0.25, 0.3) is 0 Å². The quantitative estimate of drug-likeness (QED) is 0.664. The Hall–Kier alpha value is 0.0125. The molecule has 1 heteroatoms. The summed E-state index contributed by atoms with van der Waals surface area (Å²) in [6.45, 7) is 6.84. The number of rotatable bonds is 4. The van der Waals surface area contributed by atoms with Crippen molar-refractivity contribution in [3.8, 4) is 0 Å². The third kappa shape index (κ3) is 3.71. The second-order valence-corrected chi connectivity index (χ2v) is 3.92. The summed E-state index contributed by atoms with van der Waals surface area (Å²) in [5.74, 6) is 0.718. The number of unbranched alkanes of at least 4 members (excludes halogenated alkanes) is 1. The van der Waals surface area contributed by atoms with Gasteiger partial charge in [-0.15, -0.1) is 0 Å². The van der Waals surface area contributed by atoms with Gasteiger partial charge in [-0.3, -0.25) is 0 Å². The molecule has 74 valence electrons. The number of allylic oxidation sites excluding steroid dienone is 4. The van der Waals surface area contributed by atoms with E-state index in [2.05, 4.69) is 32.9 Å².